The Morgan fingerprint density at radius 3 is 2.42 bits per heavy atom. The molecule has 3 rings (SSSR count). The van der Waals surface area contributed by atoms with Crippen molar-refractivity contribution in [1.29, 1.82) is 0 Å². The van der Waals surface area contributed by atoms with Crippen LogP contribution in [0.5, 0.6) is 0 Å². The van der Waals surface area contributed by atoms with Crippen LogP contribution in [0, 0.1) is 0 Å². The van der Waals surface area contributed by atoms with E-state index >= 15 is 0 Å². The summed E-state index contributed by atoms with van der Waals surface area (Å²) in [7, 11) is 0. The zero-order chi connectivity index (χ0) is 22.2. The van der Waals surface area contributed by atoms with Crippen LogP contribution in [0.15, 0.2) is 59.7 Å². The molecule has 0 radical (unpaired) electrons. The number of ether oxygens (including phenoxy) is 2. The third-order valence-electron chi connectivity index (χ3n) is 4.30. The number of nitrogens with zero attached hydrogens (tertiary/aromatic N) is 2. The molecular formula is C22H21N3O6. The lowest BCUT2D eigenvalue weighted by atomic mass is 10.1. The highest BCUT2D eigenvalue weighted by molar-refractivity contribution is 6.38. The highest BCUT2D eigenvalue weighted by atomic mass is 16.5. The Hall–Kier alpha value is -4.01. The fraction of sp³-hybridized carbons (Fsp3) is 0.227. The van der Waals surface area contributed by atoms with Gasteiger partial charge in [-0.2, -0.15) is 5.10 Å². The SMILES string of the molecule is CCOC(=O)c1ccccc1NC(=O)COC(=O)C1=NN(c2ccccc2)C(=O)CC1. The fourth-order valence-corrected chi connectivity index (χ4v) is 2.85. The van der Waals surface area contributed by atoms with Gasteiger partial charge in [0.2, 0.25) is 5.91 Å². The van der Waals surface area contributed by atoms with Crippen molar-refractivity contribution in [3.05, 3.63) is 60.2 Å². The minimum atomic E-state index is -0.790. The number of nitrogens with one attached hydrogen (secondary N) is 1. The molecule has 2 amide bonds. The smallest absolute Gasteiger partial charge is 0.355 e. The van der Waals surface area contributed by atoms with E-state index in [9.17, 15) is 19.2 Å². The third-order valence-corrected chi connectivity index (χ3v) is 4.30. The number of esters is 2. The zero-order valence-electron chi connectivity index (χ0n) is 16.9. The molecule has 0 saturated carbocycles. The topological polar surface area (TPSA) is 114 Å². The highest BCUT2D eigenvalue weighted by Crippen LogP contribution is 2.20. The van der Waals surface area contributed by atoms with Crippen LogP contribution in [0.25, 0.3) is 0 Å². The summed E-state index contributed by atoms with van der Waals surface area (Å²) in [6.07, 6.45) is 0.219. The van der Waals surface area contributed by atoms with E-state index in [1.165, 1.54) is 6.07 Å². The number of hydrogen-bond acceptors (Lipinski definition) is 7. The predicted octanol–water partition coefficient (Wildman–Crippen LogP) is 2.53. The molecule has 0 spiro atoms. The number of anilines is 2. The molecule has 1 aliphatic rings. The number of hydrazone groups is 1. The lowest BCUT2D eigenvalue weighted by molar-refractivity contribution is -0.140. The maximum absolute atomic E-state index is 12.4. The number of carbonyl (C=O) groups is 4. The Morgan fingerprint density at radius 1 is 0.968 bits per heavy atom. The number of hydrogen-bond donors (Lipinski definition) is 1. The summed E-state index contributed by atoms with van der Waals surface area (Å²) in [6.45, 7) is 1.30. The second kappa shape index (κ2) is 10.1. The third kappa shape index (κ3) is 5.53. The lowest BCUT2D eigenvalue weighted by Crippen LogP contribution is -2.35. The summed E-state index contributed by atoms with van der Waals surface area (Å²) in [5.74, 6) is -2.23. The first kappa shape index (κ1) is 21.7. The molecule has 160 valence electrons. The maximum atomic E-state index is 12.4. The molecule has 1 heterocycles. The van der Waals surface area contributed by atoms with Gasteiger partial charge in [0.05, 0.1) is 23.5 Å². The van der Waals surface area contributed by atoms with E-state index in [0.29, 0.717) is 5.69 Å². The largest absolute Gasteiger partial charge is 0.462 e. The van der Waals surface area contributed by atoms with Crippen LogP contribution < -0.4 is 10.3 Å². The Balaban J connectivity index is 1.61. The molecule has 0 aromatic heterocycles. The summed E-state index contributed by atoms with van der Waals surface area (Å²) in [5.41, 5.74) is 1.02. The van der Waals surface area contributed by atoms with Gasteiger partial charge in [0.25, 0.3) is 5.91 Å². The molecule has 9 nitrogen and oxygen atoms in total. The minimum Gasteiger partial charge on any atom is -0.462 e. The average molecular weight is 423 g/mol. The number of carbonyl (C=O) groups excluding carboxylic acids is 4. The van der Waals surface area contributed by atoms with Crippen molar-refractivity contribution in [2.75, 3.05) is 23.5 Å². The van der Waals surface area contributed by atoms with Crippen molar-refractivity contribution >= 4 is 40.8 Å². The molecule has 0 saturated heterocycles. The van der Waals surface area contributed by atoms with Crippen LogP contribution >= 0.6 is 0 Å². The van der Waals surface area contributed by atoms with Gasteiger partial charge in [-0.15, -0.1) is 0 Å². The molecule has 9 heteroatoms. The molecular weight excluding hydrogens is 402 g/mol. The van der Waals surface area contributed by atoms with Crippen LogP contribution in [0.1, 0.15) is 30.1 Å². The minimum absolute atomic E-state index is 0.0446. The normalized spacial score (nSPS) is 13.3. The van der Waals surface area contributed by atoms with Gasteiger partial charge in [0, 0.05) is 12.8 Å². The van der Waals surface area contributed by atoms with E-state index in [1.807, 2.05) is 0 Å². The van der Waals surface area contributed by atoms with Gasteiger partial charge in [-0.1, -0.05) is 30.3 Å². The molecule has 0 atom stereocenters. The Kier molecular flexibility index (Phi) is 7.10. The van der Waals surface area contributed by atoms with Crippen LogP contribution in [-0.4, -0.2) is 42.7 Å². The Bertz CT molecular complexity index is 1020. The molecule has 0 aliphatic carbocycles. The van der Waals surface area contributed by atoms with Gasteiger partial charge in [0.1, 0.15) is 5.71 Å². The van der Waals surface area contributed by atoms with Gasteiger partial charge in [-0.05, 0) is 31.2 Å². The summed E-state index contributed by atoms with van der Waals surface area (Å²) >= 11 is 0. The van der Waals surface area contributed by atoms with Crippen molar-refractivity contribution in [3.8, 4) is 0 Å². The van der Waals surface area contributed by atoms with Crippen LogP contribution in [0.4, 0.5) is 11.4 Å². The molecule has 2 aromatic rings. The lowest BCUT2D eigenvalue weighted by Gasteiger charge is -2.22. The molecule has 0 unspecified atom stereocenters. The van der Waals surface area contributed by atoms with Crippen LogP contribution in [0.2, 0.25) is 0 Å². The van der Waals surface area contributed by atoms with Crippen molar-refractivity contribution in [2.24, 2.45) is 5.10 Å². The van der Waals surface area contributed by atoms with Crippen molar-refractivity contribution < 1.29 is 28.7 Å². The summed E-state index contributed by atoms with van der Waals surface area (Å²) in [5, 5.41) is 7.76. The maximum Gasteiger partial charge on any atom is 0.355 e. The quantitative estimate of drug-likeness (QED) is 0.685. The molecule has 0 fully saturated rings. The first-order valence-corrected chi connectivity index (χ1v) is 9.68. The number of benzene rings is 2. The van der Waals surface area contributed by atoms with E-state index in [4.69, 9.17) is 9.47 Å². The molecule has 0 bridgehead atoms. The van der Waals surface area contributed by atoms with Gasteiger partial charge >= 0.3 is 11.9 Å². The second-order valence-electron chi connectivity index (χ2n) is 6.48. The monoisotopic (exact) mass is 423 g/mol. The highest BCUT2D eigenvalue weighted by Gasteiger charge is 2.27. The van der Waals surface area contributed by atoms with E-state index < -0.39 is 24.5 Å². The summed E-state index contributed by atoms with van der Waals surface area (Å²) in [6, 6.07) is 15.1. The van der Waals surface area contributed by atoms with E-state index in [-0.39, 0.29) is 42.3 Å². The van der Waals surface area contributed by atoms with Gasteiger partial charge in [0.15, 0.2) is 6.61 Å². The first-order valence-electron chi connectivity index (χ1n) is 9.68. The van der Waals surface area contributed by atoms with Gasteiger partial charge in [-0.25, -0.2) is 14.6 Å². The fourth-order valence-electron chi connectivity index (χ4n) is 2.85. The second-order valence-corrected chi connectivity index (χ2v) is 6.48. The molecule has 2 aromatic carbocycles. The standard InChI is InChI=1S/C22H21N3O6/c1-2-30-21(28)16-10-6-7-11-17(16)23-19(26)14-31-22(29)18-12-13-20(27)25(24-18)15-8-4-3-5-9-15/h3-11H,2,12-14H2,1H3,(H,23,26). The number of rotatable bonds is 7. The van der Waals surface area contributed by atoms with E-state index in [2.05, 4.69) is 10.4 Å². The van der Waals surface area contributed by atoms with Crippen LogP contribution in [0.3, 0.4) is 0 Å². The zero-order valence-corrected chi connectivity index (χ0v) is 16.9. The molecule has 31 heavy (non-hydrogen) atoms. The van der Waals surface area contributed by atoms with Crippen LogP contribution in [-0.2, 0) is 23.9 Å². The molecule has 1 aliphatic heterocycles. The number of para-hydroxylation sites is 2. The summed E-state index contributed by atoms with van der Waals surface area (Å²) < 4.78 is 10.0. The van der Waals surface area contributed by atoms with Gasteiger partial charge in [-0.3, -0.25) is 9.59 Å². The van der Waals surface area contributed by atoms with E-state index in [1.54, 1.807) is 55.5 Å². The average Bonchev–Trinajstić information content (AvgIpc) is 2.79. The van der Waals surface area contributed by atoms with E-state index in [0.717, 1.165) is 5.01 Å². The molecule has 1 N–H and O–H groups in total. The first-order chi connectivity index (χ1) is 15.0. The predicted molar refractivity (Wildman–Crippen MR) is 113 cm³/mol. The Morgan fingerprint density at radius 2 is 1.68 bits per heavy atom. The van der Waals surface area contributed by atoms with Crippen molar-refractivity contribution in [1.82, 2.24) is 0 Å². The number of amides is 2. The Labute approximate surface area is 178 Å². The summed E-state index contributed by atoms with van der Waals surface area (Å²) in [4.78, 5) is 48.7. The van der Waals surface area contributed by atoms with Gasteiger partial charge < -0.3 is 14.8 Å². The van der Waals surface area contributed by atoms with Crippen molar-refractivity contribution in [3.63, 3.8) is 0 Å². The van der Waals surface area contributed by atoms with Crippen molar-refractivity contribution in [2.45, 2.75) is 19.8 Å².